The highest BCUT2D eigenvalue weighted by molar-refractivity contribution is 14.1. The fourth-order valence-electron chi connectivity index (χ4n) is 2.39. The van der Waals surface area contributed by atoms with E-state index in [0.717, 1.165) is 9.13 Å². The Morgan fingerprint density at radius 3 is 2.29 bits per heavy atom. The summed E-state index contributed by atoms with van der Waals surface area (Å²) in [6.07, 6.45) is 0.406. The fraction of sp³-hybridized carbons (Fsp3) is 0.500. The molecule has 116 valence electrons. The Labute approximate surface area is 139 Å². The monoisotopic (exact) mass is 404 g/mol. The quantitative estimate of drug-likeness (QED) is 0.429. The fourth-order valence-corrected chi connectivity index (χ4v) is 2.75. The third-order valence-electron chi connectivity index (χ3n) is 3.25. The molecule has 0 spiro atoms. The molecule has 0 aliphatic heterocycles. The molecule has 0 bridgehead atoms. The number of esters is 1. The predicted molar refractivity (Wildman–Crippen MR) is 89.0 cm³/mol. The highest BCUT2D eigenvalue weighted by atomic mass is 127. The van der Waals surface area contributed by atoms with Gasteiger partial charge in [-0.25, -0.2) is 0 Å². The number of carbonyl (C=O) groups is 2. The Bertz CT molecular complexity index is 496. The number of hydrogen-bond acceptors (Lipinski definition) is 3. The van der Waals surface area contributed by atoms with E-state index in [2.05, 4.69) is 22.6 Å². The van der Waals surface area contributed by atoms with Crippen LogP contribution < -0.4 is 0 Å². The molecule has 1 aromatic rings. The molecule has 5 heteroatoms. The predicted octanol–water partition coefficient (Wildman–Crippen LogP) is 3.51. The molecule has 21 heavy (non-hydrogen) atoms. The van der Waals surface area contributed by atoms with Crippen LogP contribution in [0.15, 0.2) is 24.3 Å². The zero-order chi connectivity index (χ0) is 16.0. The van der Waals surface area contributed by atoms with Crippen LogP contribution in [-0.2, 0) is 20.7 Å². The van der Waals surface area contributed by atoms with E-state index in [4.69, 9.17) is 4.74 Å². The van der Waals surface area contributed by atoms with Crippen molar-refractivity contribution in [2.75, 3.05) is 6.61 Å². The first-order chi connectivity index (χ1) is 9.81. The summed E-state index contributed by atoms with van der Waals surface area (Å²) in [5.74, 6) is -1.69. The molecule has 1 atom stereocenters. The van der Waals surface area contributed by atoms with Gasteiger partial charge in [0.25, 0.3) is 0 Å². The summed E-state index contributed by atoms with van der Waals surface area (Å²) in [7, 11) is 0. The number of aliphatic carboxylic acids is 1. The molecule has 1 N–H and O–H groups in total. The molecule has 0 aromatic heterocycles. The summed E-state index contributed by atoms with van der Waals surface area (Å²) in [5, 5.41) is 9.68. The van der Waals surface area contributed by atoms with Crippen molar-refractivity contribution in [1.82, 2.24) is 0 Å². The van der Waals surface area contributed by atoms with Crippen LogP contribution in [0, 0.1) is 14.9 Å². The number of carbonyl (C=O) groups excluding carboxylic acids is 1. The summed E-state index contributed by atoms with van der Waals surface area (Å²) in [5.41, 5.74) is -0.691. The highest BCUT2D eigenvalue weighted by Crippen LogP contribution is 2.33. The average Bonchev–Trinajstić information content (AvgIpc) is 2.40. The maximum atomic E-state index is 12.3. The Morgan fingerprint density at radius 1 is 1.29 bits per heavy atom. The molecule has 0 fully saturated rings. The lowest BCUT2D eigenvalue weighted by Gasteiger charge is -2.29. The van der Waals surface area contributed by atoms with E-state index in [1.807, 2.05) is 38.1 Å². The van der Waals surface area contributed by atoms with Crippen molar-refractivity contribution >= 4 is 34.5 Å². The first-order valence-electron chi connectivity index (χ1n) is 6.97. The van der Waals surface area contributed by atoms with Crippen LogP contribution in [0.1, 0.15) is 32.8 Å². The molecule has 0 aliphatic rings. The van der Waals surface area contributed by atoms with E-state index in [1.54, 1.807) is 6.92 Å². The van der Waals surface area contributed by atoms with Crippen molar-refractivity contribution in [3.8, 4) is 0 Å². The number of hydrogen-bond donors (Lipinski definition) is 1. The van der Waals surface area contributed by atoms with Crippen molar-refractivity contribution in [3.05, 3.63) is 33.4 Å². The Morgan fingerprint density at radius 2 is 1.86 bits per heavy atom. The minimum absolute atomic E-state index is 0.0781. The van der Waals surface area contributed by atoms with Crippen LogP contribution in [0.4, 0.5) is 0 Å². The first kappa shape index (κ1) is 17.9. The van der Waals surface area contributed by atoms with Gasteiger partial charge in [-0.1, -0.05) is 26.0 Å². The van der Waals surface area contributed by atoms with Gasteiger partial charge in [0, 0.05) is 3.57 Å². The number of ether oxygens (including phenoxy) is 1. The molecule has 0 aliphatic carbocycles. The molecule has 0 saturated heterocycles. The second-order valence-corrected chi connectivity index (χ2v) is 6.75. The first-order valence-corrected chi connectivity index (χ1v) is 8.04. The van der Waals surface area contributed by atoms with Gasteiger partial charge in [-0.3, -0.25) is 9.59 Å². The highest BCUT2D eigenvalue weighted by Gasteiger charge is 2.48. The topological polar surface area (TPSA) is 63.6 Å². The number of rotatable bonds is 7. The van der Waals surface area contributed by atoms with E-state index in [1.165, 1.54) is 0 Å². The molecule has 1 unspecified atom stereocenters. The minimum atomic E-state index is -1.52. The molecule has 1 aromatic carbocycles. The molecule has 0 radical (unpaired) electrons. The molecule has 0 amide bonds. The summed E-state index contributed by atoms with van der Waals surface area (Å²) in [6.45, 7) is 5.68. The van der Waals surface area contributed by atoms with Gasteiger partial charge in [-0.2, -0.15) is 0 Å². The van der Waals surface area contributed by atoms with Crippen molar-refractivity contribution in [2.45, 2.75) is 33.6 Å². The minimum Gasteiger partial charge on any atom is -0.480 e. The van der Waals surface area contributed by atoms with Gasteiger partial charge in [0.05, 0.1) is 6.61 Å². The molecule has 4 nitrogen and oxygen atoms in total. The molecule has 0 saturated carbocycles. The number of carboxylic acid groups (broad SMARTS) is 1. The molecular formula is C16H21IO4. The van der Waals surface area contributed by atoms with Gasteiger partial charge in [0.2, 0.25) is 0 Å². The van der Waals surface area contributed by atoms with Crippen LogP contribution in [0.2, 0.25) is 0 Å². The zero-order valence-electron chi connectivity index (χ0n) is 12.6. The Kier molecular flexibility index (Phi) is 6.64. The van der Waals surface area contributed by atoms with Crippen molar-refractivity contribution in [2.24, 2.45) is 11.3 Å². The van der Waals surface area contributed by atoms with Crippen LogP contribution in [0.3, 0.4) is 0 Å². The Balaban J connectivity index is 3.17. The van der Waals surface area contributed by atoms with Crippen molar-refractivity contribution in [3.63, 3.8) is 0 Å². The lowest BCUT2D eigenvalue weighted by molar-refractivity contribution is -0.170. The van der Waals surface area contributed by atoms with Crippen molar-refractivity contribution in [1.29, 1.82) is 0 Å². The normalized spacial score (nSPS) is 13.8. The number of carboxylic acids is 1. The van der Waals surface area contributed by atoms with Gasteiger partial charge in [-0.05, 0) is 66.0 Å². The maximum absolute atomic E-state index is 12.3. The van der Waals surface area contributed by atoms with Gasteiger partial charge < -0.3 is 9.84 Å². The van der Waals surface area contributed by atoms with Gasteiger partial charge in [0.1, 0.15) is 0 Å². The van der Waals surface area contributed by atoms with Crippen LogP contribution in [0.25, 0.3) is 0 Å². The summed E-state index contributed by atoms with van der Waals surface area (Å²) < 4.78 is 6.11. The lowest BCUT2D eigenvalue weighted by atomic mass is 9.75. The average molecular weight is 404 g/mol. The van der Waals surface area contributed by atoms with E-state index in [9.17, 15) is 14.7 Å². The van der Waals surface area contributed by atoms with Gasteiger partial charge >= 0.3 is 11.9 Å². The molecule has 1 rings (SSSR count). The third-order valence-corrected chi connectivity index (χ3v) is 3.97. The SMILES string of the molecule is CCOC(=O)C(Cc1ccc(I)cc1)(CC(C)C)C(=O)O. The van der Waals surface area contributed by atoms with Crippen LogP contribution in [0.5, 0.6) is 0 Å². The second kappa shape index (κ2) is 7.77. The standard InChI is InChI=1S/C16H21IO4/c1-4-21-15(20)16(14(18)19,9-11(2)3)10-12-5-7-13(17)8-6-12/h5-8,11H,4,9-10H2,1-3H3,(H,18,19). The summed E-state index contributed by atoms with van der Waals surface area (Å²) >= 11 is 2.19. The largest absolute Gasteiger partial charge is 0.480 e. The second-order valence-electron chi connectivity index (χ2n) is 5.51. The number of halogens is 1. The van der Waals surface area contributed by atoms with E-state index < -0.39 is 17.4 Å². The van der Waals surface area contributed by atoms with Gasteiger partial charge in [-0.15, -0.1) is 0 Å². The Hall–Kier alpha value is -1.11. The van der Waals surface area contributed by atoms with Crippen LogP contribution in [-0.4, -0.2) is 23.7 Å². The third kappa shape index (κ3) is 4.69. The summed E-state index contributed by atoms with van der Waals surface area (Å²) in [6, 6.07) is 7.53. The zero-order valence-corrected chi connectivity index (χ0v) is 14.7. The van der Waals surface area contributed by atoms with E-state index >= 15 is 0 Å². The van der Waals surface area contributed by atoms with E-state index in [-0.39, 0.29) is 25.4 Å². The maximum Gasteiger partial charge on any atom is 0.323 e. The smallest absolute Gasteiger partial charge is 0.323 e. The number of benzene rings is 1. The van der Waals surface area contributed by atoms with Gasteiger partial charge in [0.15, 0.2) is 5.41 Å². The van der Waals surface area contributed by atoms with Crippen molar-refractivity contribution < 1.29 is 19.4 Å². The summed E-state index contributed by atoms with van der Waals surface area (Å²) in [4.78, 5) is 24.2. The lowest BCUT2D eigenvalue weighted by Crippen LogP contribution is -2.43. The van der Waals surface area contributed by atoms with E-state index in [0.29, 0.717) is 0 Å². The van der Waals surface area contributed by atoms with Crippen LogP contribution >= 0.6 is 22.6 Å². The molecule has 0 heterocycles. The molecular weight excluding hydrogens is 383 g/mol.